The molecule has 4 nitrogen and oxygen atoms in total. The lowest BCUT2D eigenvalue weighted by atomic mass is 10.1. The maximum absolute atomic E-state index is 11.9. The van der Waals surface area contributed by atoms with Gasteiger partial charge in [0.05, 0.1) is 5.69 Å². The van der Waals surface area contributed by atoms with E-state index in [0.29, 0.717) is 0 Å². The first-order valence-electron chi connectivity index (χ1n) is 5.60. The van der Waals surface area contributed by atoms with Crippen LogP contribution in [0.2, 0.25) is 0 Å². The SMILES string of the molecule is Cc1cc(C)c(NC(=O)Cn2cccn2)c(Br)c1. The van der Waals surface area contributed by atoms with Crippen LogP contribution >= 0.6 is 15.9 Å². The number of nitrogens with zero attached hydrogens (tertiary/aromatic N) is 2. The second-order valence-electron chi connectivity index (χ2n) is 4.19. The van der Waals surface area contributed by atoms with E-state index in [2.05, 4.69) is 26.3 Å². The summed E-state index contributed by atoms with van der Waals surface area (Å²) in [7, 11) is 0. The van der Waals surface area contributed by atoms with Crippen molar-refractivity contribution in [3.8, 4) is 0 Å². The van der Waals surface area contributed by atoms with Crippen molar-refractivity contribution in [3.63, 3.8) is 0 Å². The van der Waals surface area contributed by atoms with Crippen LogP contribution in [0.3, 0.4) is 0 Å². The van der Waals surface area contributed by atoms with Gasteiger partial charge in [-0.1, -0.05) is 6.07 Å². The Morgan fingerprint density at radius 1 is 1.44 bits per heavy atom. The minimum absolute atomic E-state index is 0.0913. The second-order valence-corrected chi connectivity index (χ2v) is 5.04. The molecule has 5 heteroatoms. The average molecular weight is 308 g/mol. The monoisotopic (exact) mass is 307 g/mol. The van der Waals surface area contributed by atoms with Crippen molar-refractivity contribution in [2.45, 2.75) is 20.4 Å². The van der Waals surface area contributed by atoms with Crippen LogP contribution in [0.5, 0.6) is 0 Å². The maximum Gasteiger partial charge on any atom is 0.246 e. The van der Waals surface area contributed by atoms with Gasteiger partial charge >= 0.3 is 0 Å². The van der Waals surface area contributed by atoms with Crippen molar-refractivity contribution < 1.29 is 4.79 Å². The third-order valence-electron chi connectivity index (χ3n) is 2.56. The first-order chi connectivity index (χ1) is 8.56. The Morgan fingerprint density at radius 3 is 2.83 bits per heavy atom. The minimum atomic E-state index is -0.0913. The Hall–Kier alpha value is -1.62. The normalized spacial score (nSPS) is 10.4. The molecule has 2 aromatic rings. The third kappa shape index (κ3) is 2.98. The largest absolute Gasteiger partial charge is 0.323 e. The molecule has 0 bridgehead atoms. The van der Waals surface area contributed by atoms with Gasteiger partial charge in [0.1, 0.15) is 6.54 Å². The van der Waals surface area contributed by atoms with E-state index in [1.807, 2.05) is 26.0 Å². The topological polar surface area (TPSA) is 46.9 Å². The summed E-state index contributed by atoms with van der Waals surface area (Å²) in [4.78, 5) is 11.9. The molecule has 0 atom stereocenters. The molecule has 0 spiro atoms. The van der Waals surface area contributed by atoms with E-state index in [1.54, 1.807) is 23.1 Å². The van der Waals surface area contributed by atoms with Crippen molar-refractivity contribution in [3.05, 3.63) is 46.2 Å². The number of aromatic nitrogens is 2. The van der Waals surface area contributed by atoms with Gasteiger partial charge in [0.15, 0.2) is 0 Å². The number of carbonyl (C=O) groups excluding carboxylic acids is 1. The summed E-state index contributed by atoms with van der Waals surface area (Å²) in [5.41, 5.74) is 3.01. The molecule has 0 aliphatic rings. The number of rotatable bonds is 3. The summed E-state index contributed by atoms with van der Waals surface area (Å²) in [6, 6.07) is 5.81. The van der Waals surface area contributed by atoms with Crippen LogP contribution in [0.4, 0.5) is 5.69 Å². The number of halogens is 1. The highest BCUT2D eigenvalue weighted by atomic mass is 79.9. The van der Waals surface area contributed by atoms with E-state index in [0.717, 1.165) is 21.3 Å². The van der Waals surface area contributed by atoms with E-state index >= 15 is 0 Å². The summed E-state index contributed by atoms with van der Waals surface area (Å²) in [6.45, 7) is 4.21. The number of aryl methyl sites for hydroxylation is 2. The van der Waals surface area contributed by atoms with Crippen LogP contribution in [-0.2, 0) is 11.3 Å². The number of amides is 1. The molecule has 0 radical (unpaired) electrons. The van der Waals surface area contributed by atoms with Gasteiger partial charge in [0.2, 0.25) is 5.91 Å². The Bertz CT molecular complexity index is 541. The molecule has 1 N–H and O–H groups in total. The molecule has 0 aliphatic heterocycles. The highest BCUT2D eigenvalue weighted by Crippen LogP contribution is 2.27. The van der Waals surface area contributed by atoms with Crippen molar-refractivity contribution in [2.24, 2.45) is 0 Å². The smallest absolute Gasteiger partial charge is 0.246 e. The molecule has 1 heterocycles. The zero-order chi connectivity index (χ0) is 13.1. The summed E-state index contributed by atoms with van der Waals surface area (Å²) < 4.78 is 2.49. The number of anilines is 1. The second kappa shape index (κ2) is 5.35. The fraction of sp³-hybridized carbons (Fsp3) is 0.231. The van der Waals surface area contributed by atoms with Crippen LogP contribution in [-0.4, -0.2) is 15.7 Å². The van der Waals surface area contributed by atoms with Gasteiger partial charge in [-0.05, 0) is 53.0 Å². The number of carbonyl (C=O) groups is 1. The first-order valence-corrected chi connectivity index (χ1v) is 6.39. The Morgan fingerprint density at radius 2 is 2.22 bits per heavy atom. The molecule has 18 heavy (non-hydrogen) atoms. The zero-order valence-electron chi connectivity index (χ0n) is 10.3. The highest BCUT2D eigenvalue weighted by Gasteiger charge is 2.09. The fourth-order valence-electron chi connectivity index (χ4n) is 1.79. The lowest BCUT2D eigenvalue weighted by Gasteiger charge is -2.11. The third-order valence-corrected chi connectivity index (χ3v) is 3.19. The number of hydrogen-bond donors (Lipinski definition) is 1. The summed E-state index contributed by atoms with van der Waals surface area (Å²) in [5.74, 6) is -0.0913. The van der Waals surface area contributed by atoms with E-state index < -0.39 is 0 Å². The molecule has 0 saturated carbocycles. The molecule has 0 saturated heterocycles. The van der Waals surface area contributed by atoms with Gasteiger partial charge < -0.3 is 5.32 Å². The summed E-state index contributed by atoms with van der Waals surface area (Å²) >= 11 is 3.47. The average Bonchev–Trinajstić information content (AvgIpc) is 2.76. The molecular formula is C13H14BrN3O. The summed E-state index contributed by atoms with van der Waals surface area (Å²) in [6.07, 6.45) is 3.41. The van der Waals surface area contributed by atoms with Crippen molar-refractivity contribution >= 4 is 27.5 Å². The number of hydrogen-bond acceptors (Lipinski definition) is 2. The Balaban J connectivity index is 2.12. The van der Waals surface area contributed by atoms with E-state index in [-0.39, 0.29) is 12.5 Å². The molecular weight excluding hydrogens is 294 g/mol. The fourth-order valence-corrected chi connectivity index (χ4v) is 2.57. The molecule has 1 aromatic carbocycles. The zero-order valence-corrected chi connectivity index (χ0v) is 11.9. The standard InChI is InChI=1S/C13H14BrN3O/c1-9-6-10(2)13(11(14)7-9)16-12(18)8-17-5-3-4-15-17/h3-7H,8H2,1-2H3,(H,16,18). The van der Waals surface area contributed by atoms with Gasteiger partial charge in [0, 0.05) is 16.9 Å². The van der Waals surface area contributed by atoms with Gasteiger partial charge in [-0.15, -0.1) is 0 Å². The minimum Gasteiger partial charge on any atom is -0.323 e. The van der Waals surface area contributed by atoms with Crippen molar-refractivity contribution in [2.75, 3.05) is 5.32 Å². The summed E-state index contributed by atoms with van der Waals surface area (Å²) in [5, 5.41) is 6.90. The van der Waals surface area contributed by atoms with Gasteiger partial charge in [-0.2, -0.15) is 5.10 Å². The van der Waals surface area contributed by atoms with Crippen LogP contribution in [0.1, 0.15) is 11.1 Å². The van der Waals surface area contributed by atoms with E-state index in [9.17, 15) is 4.79 Å². The molecule has 2 rings (SSSR count). The van der Waals surface area contributed by atoms with Crippen LogP contribution < -0.4 is 5.32 Å². The van der Waals surface area contributed by atoms with E-state index in [1.165, 1.54) is 0 Å². The lowest BCUT2D eigenvalue weighted by Crippen LogP contribution is -2.19. The Labute approximate surface area is 114 Å². The van der Waals surface area contributed by atoms with Crippen molar-refractivity contribution in [1.29, 1.82) is 0 Å². The molecule has 0 aliphatic carbocycles. The quantitative estimate of drug-likeness (QED) is 0.947. The van der Waals surface area contributed by atoms with Gasteiger partial charge in [0.25, 0.3) is 0 Å². The molecule has 1 amide bonds. The highest BCUT2D eigenvalue weighted by molar-refractivity contribution is 9.10. The predicted octanol–water partition coefficient (Wildman–Crippen LogP) is 2.90. The van der Waals surface area contributed by atoms with Gasteiger partial charge in [-0.3, -0.25) is 9.48 Å². The van der Waals surface area contributed by atoms with Gasteiger partial charge in [-0.25, -0.2) is 0 Å². The van der Waals surface area contributed by atoms with Crippen LogP contribution in [0, 0.1) is 13.8 Å². The molecule has 1 aromatic heterocycles. The Kier molecular flexibility index (Phi) is 3.81. The molecule has 0 fully saturated rings. The molecule has 0 unspecified atom stereocenters. The van der Waals surface area contributed by atoms with E-state index in [4.69, 9.17) is 0 Å². The number of nitrogens with one attached hydrogen (secondary N) is 1. The molecule has 94 valence electrons. The lowest BCUT2D eigenvalue weighted by molar-refractivity contribution is -0.116. The van der Waals surface area contributed by atoms with Crippen LogP contribution in [0.25, 0.3) is 0 Å². The number of benzene rings is 1. The maximum atomic E-state index is 11.9. The first kappa shape index (κ1) is 12.8. The van der Waals surface area contributed by atoms with Crippen molar-refractivity contribution in [1.82, 2.24) is 9.78 Å². The predicted molar refractivity (Wildman–Crippen MR) is 74.5 cm³/mol. The van der Waals surface area contributed by atoms with Crippen LogP contribution in [0.15, 0.2) is 35.1 Å².